The van der Waals surface area contributed by atoms with Crippen LogP contribution in [0.3, 0.4) is 0 Å². The van der Waals surface area contributed by atoms with Gasteiger partial charge in [0.15, 0.2) is 0 Å². The third-order valence-corrected chi connectivity index (χ3v) is 2.24. The van der Waals surface area contributed by atoms with Gasteiger partial charge in [-0.1, -0.05) is 6.58 Å². The lowest BCUT2D eigenvalue weighted by Gasteiger charge is -2.42. The van der Waals surface area contributed by atoms with Crippen LogP contribution in [0.4, 0.5) is 0 Å². The largest absolute Gasteiger partial charge is 0.372 e. The van der Waals surface area contributed by atoms with Crippen LogP contribution in [0.15, 0.2) is 12.7 Å². The summed E-state index contributed by atoms with van der Waals surface area (Å²) in [6.45, 7) is 10.1. The Balaban J connectivity index is 0.000000583. The fourth-order valence-electron chi connectivity index (χ4n) is 1.50. The lowest BCUT2D eigenvalue weighted by molar-refractivity contribution is -0.132. The fraction of sp³-hybridized carbons (Fsp3) is 0.600. The van der Waals surface area contributed by atoms with Crippen molar-refractivity contribution in [3.8, 4) is 0 Å². The normalized spacial score (nSPS) is 18.4. The smallest absolute Gasteiger partial charge is 0.246 e. The van der Waals surface area contributed by atoms with Gasteiger partial charge in [0.1, 0.15) is 0 Å². The molecule has 1 rings (SSSR count). The summed E-state index contributed by atoms with van der Waals surface area (Å²) in [5.41, 5.74) is 4.09. The molecule has 0 atom stereocenters. The number of carbonyl (C=O) groups excluding carboxylic acids is 2. The first-order valence-corrected chi connectivity index (χ1v) is 4.79. The first-order valence-electron chi connectivity index (χ1n) is 4.79. The molecule has 0 unspecified atom stereocenters. The van der Waals surface area contributed by atoms with Gasteiger partial charge in [0.05, 0.1) is 5.54 Å². The van der Waals surface area contributed by atoms with Gasteiger partial charge in [-0.3, -0.25) is 9.59 Å². The van der Waals surface area contributed by atoms with Crippen LogP contribution in [0.25, 0.3) is 0 Å². The maximum atomic E-state index is 11.4. The zero-order chi connectivity index (χ0) is 11.9. The van der Waals surface area contributed by atoms with Crippen LogP contribution < -0.4 is 11.1 Å². The number of carbonyl (C=O) groups is 2. The van der Waals surface area contributed by atoms with E-state index in [1.165, 1.54) is 6.08 Å². The van der Waals surface area contributed by atoms with Gasteiger partial charge in [-0.2, -0.15) is 0 Å². The van der Waals surface area contributed by atoms with Crippen molar-refractivity contribution in [3.63, 3.8) is 0 Å². The number of hydrogen-bond donors (Lipinski definition) is 2. The van der Waals surface area contributed by atoms with E-state index in [1.807, 2.05) is 4.90 Å². The molecule has 0 aromatic heterocycles. The molecule has 1 saturated heterocycles. The summed E-state index contributed by atoms with van der Waals surface area (Å²) < 4.78 is 0. The Morgan fingerprint density at radius 1 is 1.60 bits per heavy atom. The van der Waals surface area contributed by atoms with Crippen LogP contribution in [-0.2, 0) is 9.59 Å². The minimum Gasteiger partial charge on any atom is -0.372 e. The summed E-state index contributed by atoms with van der Waals surface area (Å²) in [6.07, 6.45) is 1.63. The zero-order valence-corrected chi connectivity index (χ0v) is 9.32. The number of primary amides is 1. The Kier molecular flexibility index (Phi) is 5.62. The molecule has 86 valence electrons. The highest BCUT2D eigenvalue weighted by molar-refractivity contribution is 5.87. The van der Waals surface area contributed by atoms with Gasteiger partial charge < -0.3 is 16.0 Å². The number of hydrogen-bond acceptors (Lipinski definition) is 3. The molecule has 5 heteroatoms. The molecule has 15 heavy (non-hydrogen) atoms. The van der Waals surface area contributed by atoms with E-state index in [1.54, 1.807) is 0 Å². The van der Waals surface area contributed by atoms with Crippen molar-refractivity contribution in [1.29, 1.82) is 0 Å². The number of nitrogens with two attached hydrogens (primary N) is 1. The summed E-state index contributed by atoms with van der Waals surface area (Å²) >= 11 is 0. The number of amides is 2. The van der Waals surface area contributed by atoms with Crippen molar-refractivity contribution in [3.05, 3.63) is 12.7 Å². The van der Waals surface area contributed by atoms with Crippen LogP contribution in [-0.4, -0.2) is 42.4 Å². The molecule has 0 radical (unpaired) electrons. The predicted molar refractivity (Wildman–Crippen MR) is 59.1 cm³/mol. The molecule has 0 aromatic rings. The highest BCUT2D eigenvalue weighted by Crippen LogP contribution is 2.16. The second-order valence-corrected chi connectivity index (χ2v) is 3.82. The lowest BCUT2D eigenvalue weighted by atomic mass is 10.0. The second-order valence-electron chi connectivity index (χ2n) is 3.82. The van der Waals surface area contributed by atoms with Crippen LogP contribution in [0.5, 0.6) is 0 Å². The molecule has 5 nitrogen and oxygen atoms in total. The monoisotopic (exact) mass is 213 g/mol. The van der Waals surface area contributed by atoms with Gasteiger partial charge >= 0.3 is 0 Å². The highest BCUT2D eigenvalue weighted by atomic mass is 16.2. The van der Waals surface area contributed by atoms with Crippen molar-refractivity contribution in [2.24, 2.45) is 5.73 Å². The van der Waals surface area contributed by atoms with Crippen molar-refractivity contribution >= 4 is 12.3 Å². The molecular formula is C10H19N3O2. The van der Waals surface area contributed by atoms with Crippen LogP contribution in [0.2, 0.25) is 0 Å². The zero-order valence-electron chi connectivity index (χ0n) is 9.32. The summed E-state index contributed by atoms with van der Waals surface area (Å²) in [6, 6.07) is 0. The third kappa shape index (κ3) is 4.12. The van der Waals surface area contributed by atoms with E-state index >= 15 is 0 Å². The van der Waals surface area contributed by atoms with Gasteiger partial charge in [0.2, 0.25) is 12.3 Å². The molecule has 0 aromatic carbocycles. The highest BCUT2D eigenvalue weighted by Gasteiger charge is 2.31. The minimum absolute atomic E-state index is 0.0292. The Morgan fingerprint density at radius 3 is 2.53 bits per heavy atom. The average molecular weight is 213 g/mol. The molecule has 1 aliphatic heterocycles. The van der Waals surface area contributed by atoms with Crippen molar-refractivity contribution in [2.45, 2.75) is 19.4 Å². The molecule has 0 saturated carbocycles. The van der Waals surface area contributed by atoms with Gasteiger partial charge in [-0.05, 0) is 19.9 Å². The van der Waals surface area contributed by atoms with E-state index in [-0.39, 0.29) is 17.9 Å². The Morgan fingerprint density at radius 2 is 2.13 bits per heavy atom. The molecule has 0 bridgehead atoms. The van der Waals surface area contributed by atoms with Crippen LogP contribution in [0.1, 0.15) is 13.8 Å². The second kappa shape index (κ2) is 6.19. The first-order chi connectivity index (χ1) is 6.99. The Bertz CT molecular complexity index is 239. The predicted octanol–water partition coefficient (Wildman–Crippen LogP) is -0.516. The topological polar surface area (TPSA) is 75.4 Å². The number of nitrogens with zero attached hydrogens (tertiary/aromatic N) is 1. The number of piperazine rings is 1. The molecule has 1 heterocycles. The molecule has 1 fully saturated rings. The van der Waals surface area contributed by atoms with Crippen LogP contribution in [0, 0.1) is 0 Å². The minimum atomic E-state index is -0.0798. The lowest BCUT2D eigenvalue weighted by Crippen LogP contribution is -2.59. The van der Waals surface area contributed by atoms with Crippen LogP contribution >= 0.6 is 0 Å². The van der Waals surface area contributed by atoms with E-state index in [9.17, 15) is 4.79 Å². The van der Waals surface area contributed by atoms with Crippen molar-refractivity contribution in [1.82, 2.24) is 10.2 Å². The quantitative estimate of drug-likeness (QED) is 0.455. The number of rotatable bonds is 1. The van der Waals surface area contributed by atoms with E-state index in [0.717, 1.165) is 19.6 Å². The molecular weight excluding hydrogens is 194 g/mol. The Hall–Kier alpha value is -1.36. The van der Waals surface area contributed by atoms with E-state index < -0.39 is 0 Å². The maximum Gasteiger partial charge on any atom is 0.246 e. The molecule has 1 aliphatic rings. The first kappa shape index (κ1) is 13.6. The standard InChI is InChI=1S/C9H16N2O.CH3NO/c1-4-8(12)11-6-5-10-7-9(11,2)3;2-1-3/h4,10H,1,5-7H2,2-3H3;1H,(H2,2,3). The average Bonchev–Trinajstić information content (AvgIpc) is 2.17. The SMILES string of the molecule is C=CC(=O)N1CCNCC1(C)C.NC=O. The fourth-order valence-corrected chi connectivity index (χ4v) is 1.50. The number of nitrogens with one attached hydrogen (secondary N) is 1. The summed E-state index contributed by atoms with van der Waals surface area (Å²) in [5, 5.41) is 3.26. The van der Waals surface area contributed by atoms with Crippen molar-refractivity contribution < 1.29 is 9.59 Å². The molecule has 0 aliphatic carbocycles. The van der Waals surface area contributed by atoms with Gasteiger partial charge in [0.25, 0.3) is 0 Å². The molecule has 3 N–H and O–H groups in total. The third-order valence-electron chi connectivity index (χ3n) is 2.24. The van der Waals surface area contributed by atoms with E-state index in [2.05, 4.69) is 31.5 Å². The summed E-state index contributed by atoms with van der Waals surface area (Å²) in [5.74, 6) is 0.0292. The van der Waals surface area contributed by atoms with Gasteiger partial charge in [-0.25, -0.2) is 0 Å². The maximum absolute atomic E-state index is 11.4. The Labute approximate surface area is 90.3 Å². The van der Waals surface area contributed by atoms with Crippen molar-refractivity contribution in [2.75, 3.05) is 19.6 Å². The van der Waals surface area contributed by atoms with Gasteiger partial charge in [-0.15, -0.1) is 0 Å². The molecule has 2 amide bonds. The summed E-state index contributed by atoms with van der Waals surface area (Å²) in [4.78, 5) is 21.8. The van der Waals surface area contributed by atoms with E-state index in [4.69, 9.17) is 4.79 Å². The molecule has 0 spiro atoms. The van der Waals surface area contributed by atoms with E-state index in [0.29, 0.717) is 0 Å². The van der Waals surface area contributed by atoms with Gasteiger partial charge in [0, 0.05) is 19.6 Å². The summed E-state index contributed by atoms with van der Waals surface area (Å²) in [7, 11) is 0.